The number of aryl methyl sites for hydroxylation is 1. The van der Waals surface area contributed by atoms with Crippen molar-refractivity contribution in [1.29, 1.82) is 0 Å². The van der Waals surface area contributed by atoms with E-state index in [1.54, 1.807) is 18.2 Å². The largest absolute Gasteiger partial charge is 0.423 e. The van der Waals surface area contributed by atoms with Crippen LogP contribution in [-0.2, 0) is 16.6 Å². The average molecular weight is 475 g/mol. The average Bonchev–Trinajstić information content (AvgIpc) is 2.75. The van der Waals surface area contributed by atoms with Gasteiger partial charge in [0.15, 0.2) is 0 Å². The summed E-state index contributed by atoms with van der Waals surface area (Å²) in [5.74, 6) is 0.352. The van der Waals surface area contributed by atoms with Crippen LogP contribution in [0.4, 0.5) is 0 Å². The van der Waals surface area contributed by atoms with Crippen LogP contribution < -0.4 is 5.63 Å². The first-order valence-corrected chi connectivity index (χ1v) is 12.5. The lowest BCUT2D eigenvalue weighted by Gasteiger charge is -2.34. The highest BCUT2D eigenvalue weighted by atomic mass is 35.5. The van der Waals surface area contributed by atoms with Crippen LogP contribution in [0.25, 0.3) is 11.0 Å². The van der Waals surface area contributed by atoms with E-state index in [9.17, 15) is 13.2 Å². The van der Waals surface area contributed by atoms with Crippen LogP contribution >= 0.6 is 11.6 Å². The van der Waals surface area contributed by atoms with Gasteiger partial charge in [-0.25, -0.2) is 13.2 Å². The Morgan fingerprint density at radius 2 is 1.69 bits per heavy atom. The predicted molar refractivity (Wildman–Crippen MR) is 127 cm³/mol. The van der Waals surface area contributed by atoms with Gasteiger partial charge < -0.3 is 4.42 Å². The Morgan fingerprint density at radius 3 is 2.31 bits per heavy atom. The Balaban J connectivity index is 1.48. The zero-order chi connectivity index (χ0) is 23.0. The molecule has 1 fully saturated rings. The standard InChI is InChI=1S/C24H27ClN2O4S/c1-16(2)18-4-6-20(7-5-18)32(29,30)27-10-8-26(9-11-27)15-19-13-24(28)31-23-12-17(3)22(25)14-21(19)23/h4-7,12-14,16H,8-11,15H2,1-3H3. The second-order valence-corrected chi connectivity index (χ2v) is 10.9. The molecule has 8 heteroatoms. The van der Waals surface area contributed by atoms with E-state index in [4.69, 9.17) is 16.0 Å². The highest BCUT2D eigenvalue weighted by molar-refractivity contribution is 7.89. The van der Waals surface area contributed by atoms with Crippen LogP contribution in [0.15, 0.2) is 56.6 Å². The van der Waals surface area contributed by atoms with Crippen molar-refractivity contribution in [3.05, 3.63) is 74.6 Å². The minimum atomic E-state index is -3.53. The van der Waals surface area contributed by atoms with Gasteiger partial charge in [-0.3, -0.25) is 4.90 Å². The zero-order valence-corrected chi connectivity index (χ0v) is 20.0. The van der Waals surface area contributed by atoms with E-state index in [-0.39, 0.29) is 0 Å². The van der Waals surface area contributed by atoms with Crippen LogP contribution in [0.1, 0.15) is 36.5 Å². The molecule has 0 atom stereocenters. The second-order valence-electron chi connectivity index (χ2n) is 8.59. The lowest BCUT2D eigenvalue weighted by Crippen LogP contribution is -2.48. The van der Waals surface area contributed by atoms with Crippen LogP contribution in [-0.4, -0.2) is 43.8 Å². The van der Waals surface area contributed by atoms with Crippen molar-refractivity contribution in [2.75, 3.05) is 26.2 Å². The smallest absolute Gasteiger partial charge is 0.336 e. The minimum absolute atomic E-state index is 0.326. The molecule has 6 nitrogen and oxygen atoms in total. The molecule has 170 valence electrons. The van der Waals surface area contributed by atoms with Crippen LogP contribution in [0.5, 0.6) is 0 Å². The molecule has 2 heterocycles. The molecule has 1 aromatic heterocycles. The second kappa shape index (κ2) is 8.98. The number of piperazine rings is 1. The maximum Gasteiger partial charge on any atom is 0.336 e. The van der Waals surface area contributed by atoms with Crippen molar-refractivity contribution in [3.63, 3.8) is 0 Å². The highest BCUT2D eigenvalue weighted by Gasteiger charge is 2.28. The maximum atomic E-state index is 13.1. The number of sulfonamides is 1. The van der Waals surface area contributed by atoms with E-state index in [0.29, 0.717) is 54.1 Å². The Morgan fingerprint density at radius 1 is 1.03 bits per heavy atom. The van der Waals surface area contributed by atoms with Gasteiger partial charge in [0.1, 0.15) is 5.58 Å². The molecule has 0 saturated carbocycles. The summed E-state index contributed by atoms with van der Waals surface area (Å²) in [4.78, 5) is 14.5. The molecule has 0 bridgehead atoms. The van der Waals surface area contributed by atoms with Crippen molar-refractivity contribution in [1.82, 2.24) is 9.21 Å². The van der Waals surface area contributed by atoms with Gasteiger partial charge in [-0.05, 0) is 53.8 Å². The molecule has 2 aromatic carbocycles. The van der Waals surface area contributed by atoms with Gasteiger partial charge in [-0.15, -0.1) is 0 Å². The topological polar surface area (TPSA) is 70.8 Å². The number of hydrogen-bond donors (Lipinski definition) is 0. The summed E-state index contributed by atoms with van der Waals surface area (Å²) in [5.41, 5.74) is 2.91. The van der Waals surface area contributed by atoms with Crippen molar-refractivity contribution in [2.45, 2.75) is 38.1 Å². The molecule has 4 rings (SSSR count). The van der Waals surface area contributed by atoms with Gasteiger partial charge >= 0.3 is 5.63 Å². The summed E-state index contributed by atoms with van der Waals surface area (Å²) in [7, 11) is -3.53. The number of nitrogens with zero attached hydrogens (tertiary/aromatic N) is 2. The van der Waals surface area contributed by atoms with Crippen molar-refractivity contribution in [2.24, 2.45) is 0 Å². The molecule has 0 radical (unpaired) electrons. The molecule has 0 unspecified atom stereocenters. The lowest BCUT2D eigenvalue weighted by atomic mass is 10.0. The molecule has 1 aliphatic heterocycles. The number of hydrogen-bond acceptors (Lipinski definition) is 5. The first kappa shape index (κ1) is 23.0. The molecule has 32 heavy (non-hydrogen) atoms. The van der Waals surface area contributed by atoms with Gasteiger partial charge in [-0.1, -0.05) is 37.6 Å². The molecular weight excluding hydrogens is 448 g/mol. The fourth-order valence-electron chi connectivity index (χ4n) is 4.02. The number of benzene rings is 2. The third kappa shape index (κ3) is 4.62. The van der Waals surface area contributed by atoms with E-state index >= 15 is 0 Å². The lowest BCUT2D eigenvalue weighted by molar-refractivity contribution is 0.182. The minimum Gasteiger partial charge on any atom is -0.423 e. The van der Waals surface area contributed by atoms with Crippen LogP contribution in [0.3, 0.4) is 0 Å². The van der Waals surface area contributed by atoms with Gasteiger partial charge in [-0.2, -0.15) is 4.31 Å². The van der Waals surface area contributed by atoms with E-state index in [1.165, 1.54) is 10.4 Å². The fourth-order valence-corrected chi connectivity index (χ4v) is 5.61. The summed E-state index contributed by atoms with van der Waals surface area (Å²) in [6.07, 6.45) is 0. The van der Waals surface area contributed by atoms with E-state index in [0.717, 1.165) is 22.1 Å². The van der Waals surface area contributed by atoms with Crippen molar-refractivity contribution in [3.8, 4) is 0 Å². The third-order valence-electron chi connectivity index (χ3n) is 6.02. The van der Waals surface area contributed by atoms with Gasteiger partial charge in [0.2, 0.25) is 10.0 Å². The van der Waals surface area contributed by atoms with Gasteiger partial charge in [0, 0.05) is 49.2 Å². The molecule has 0 N–H and O–H groups in total. The third-order valence-corrected chi connectivity index (χ3v) is 8.34. The van der Waals surface area contributed by atoms with Crippen LogP contribution in [0.2, 0.25) is 5.02 Å². The summed E-state index contributed by atoms with van der Waals surface area (Å²) in [5, 5.41) is 1.42. The molecule has 0 amide bonds. The van der Waals surface area contributed by atoms with Crippen LogP contribution in [0, 0.1) is 6.92 Å². The molecule has 1 aliphatic rings. The van der Waals surface area contributed by atoms with Gasteiger partial charge in [0.05, 0.1) is 4.90 Å². The number of halogens is 1. The summed E-state index contributed by atoms with van der Waals surface area (Å²) < 4.78 is 33.0. The molecule has 0 spiro atoms. The van der Waals surface area contributed by atoms with E-state index in [2.05, 4.69) is 18.7 Å². The first-order chi connectivity index (χ1) is 15.1. The quantitative estimate of drug-likeness (QED) is 0.513. The summed E-state index contributed by atoms with van der Waals surface area (Å²) in [6.45, 7) is 8.49. The molecular formula is C24H27ClN2O4S. The monoisotopic (exact) mass is 474 g/mol. The normalized spacial score (nSPS) is 16.2. The number of fused-ring (bicyclic) bond motifs is 1. The Labute approximate surface area is 193 Å². The predicted octanol–water partition coefficient (Wildman–Crippen LogP) is 4.38. The van der Waals surface area contributed by atoms with E-state index < -0.39 is 15.6 Å². The van der Waals surface area contributed by atoms with Crippen molar-refractivity contribution >= 4 is 32.6 Å². The molecule has 1 saturated heterocycles. The van der Waals surface area contributed by atoms with E-state index in [1.807, 2.05) is 25.1 Å². The number of rotatable bonds is 5. The molecule has 0 aliphatic carbocycles. The van der Waals surface area contributed by atoms with Crippen molar-refractivity contribution < 1.29 is 12.8 Å². The highest BCUT2D eigenvalue weighted by Crippen LogP contribution is 2.27. The Hall–Kier alpha value is -2.19. The SMILES string of the molecule is Cc1cc2oc(=O)cc(CN3CCN(S(=O)(=O)c4ccc(C(C)C)cc4)CC3)c2cc1Cl. The zero-order valence-electron chi connectivity index (χ0n) is 18.5. The Kier molecular flexibility index (Phi) is 6.45. The first-order valence-electron chi connectivity index (χ1n) is 10.7. The summed E-state index contributed by atoms with van der Waals surface area (Å²) in [6, 6.07) is 12.2. The maximum absolute atomic E-state index is 13.1. The van der Waals surface area contributed by atoms with Gasteiger partial charge in [0.25, 0.3) is 0 Å². The fraction of sp³-hybridized carbons (Fsp3) is 0.375. The summed E-state index contributed by atoms with van der Waals surface area (Å²) >= 11 is 6.29. The Bertz CT molecular complexity index is 1290. The molecule has 3 aromatic rings.